The quantitative estimate of drug-likeness (QED) is 0.0860. The molecule has 5 aromatic rings. The van der Waals surface area contributed by atoms with Gasteiger partial charge in [0.2, 0.25) is 11.8 Å². The number of carbonyl (C=O) groups is 3. The fourth-order valence-electron chi connectivity index (χ4n) is 9.51. The summed E-state index contributed by atoms with van der Waals surface area (Å²) >= 11 is 0. The molecule has 61 heavy (non-hydrogen) atoms. The van der Waals surface area contributed by atoms with Crippen LogP contribution in [0.5, 0.6) is 0 Å². The standard InChI is InChI=1S/C48H58N8O5/c1-29(2)42(51-30(3)60-4)46(57)55-23-9-13-40(55)45-50-28-39(53-45)37-22-21-35-25-34(19-20-36(35)26-37)31-15-17-32(18-16-31)38-27-49-44(52-38)41-14-10-24-56(41)47(58)43(54-48(59)61-5)33-11-7-6-8-12-33/h15-22,25-29,33,40-43,51H,3,6-14,23-24H2,1-2,4-5H3,(H,49,52)(H,50,53)(H,54,59)/t40-,41-,42-,43-/m0/s1. The zero-order valence-corrected chi connectivity index (χ0v) is 35.7. The number of fused-ring (bicyclic) bond motifs is 1. The summed E-state index contributed by atoms with van der Waals surface area (Å²) in [6, 6.07) is 20.0. The van der Waals surface area contributed by atoms with Crippen molar-refractivity contribution in [2.45, 2.75) is 95.8 Å². The third kappa shape index (κ3) is 8.87. The van der Waals surface area contributed by atoms with Gasteiger partial charge in [0.1, 0.15) is 23.7 Å². The molecule has 2 saturated heterocycles. The summed E-state index contributed by atoms with van der Waals surface area (Å²) in [4.78, 5) is 60.4. The van der Waals surface area contributed by atoms with Crippen molar-refractivity contribution in [1.82, 2.24) is 40.4 Å². The van der Waals surface area contributed by atoms with Crippen molar-refractivity contribution in [3.8, 4) is 33.6 Å². The summed E-state index contributed by atoms with van der Waals surface area (Å²) in [5.41, 5.74) is 6.06. The van der Waals surface area contributed by atoms with E-state index >= 15 is 0 Å². The smallest absolute Gasteiger partial charge is 0.407 e. The zero-order valence-electron chi connectivity index (χ0n) is 35.7. The van der Waals surface area contributed by atoms with Crippen molar-refractivity contribution < 1.29 is 23.9 Å². The molecule has 2 aromatic heterocycles. The fraction of sp³-hybridized carbons (Fsp3) is 0.438. The van der Waals surface area contributed by atoms with Gasteiger partial charge in [0.25, 0.3) is 0 Å². The third-order valence-electron chi connectivity index (χ3n) is 12.9. The molecule has 13 heteroatoms. The zero-order chi connectivity index (χ0) is 42.6. The molecule has 320 valence electrons. The highest BCUT2D eigenvalue weighted by molar-refractivity contribution is 5.91. The number of rotatable bonds is 13. The molecule has 3 aliphatic rings. The number of carbonyl (C=O) groups excluding carboxylic acids is 3. The number of likely N-dealkylation sites (tertiary alicyclic amines) is 2. The Morgan fingerprint density at radius 1 is 0.672 bits per heavy atom. The Bertz CT molecular complexity index is 2360. The number of ether oxygens (including phenoxy) is 2. The number of alkyl carbamates (subject to hydrolysis) is 1. The molecule has 4 N–H and O–H groups in total. The number of amides is 3. The minimum absolute atomic E-state index is 0.0246. The van der Waals surface area contributed by atoms with Crippen molar-refractivity contribution in [1.29, 1.82) is 0 Å². The topological polar surface area (TPSA) is 158 Å². The molecule has 3 amide bonds. The summed E-state index contributed by atoms with van der Waals surface area (Å²) in [6.45, 7) is 9.21. The van der Waals surface area contributed by atoms with Crippen molar-refractivity contribution in [2.24, 2.45) is 11.8 Å². The van der Waals surface area contributed by atoms with Gasteiger partial charge in [-0.2, -0.15) is 0 Å². The van der Waals surface area contributed by atoms with Gasteiger partial charge >= 0.3 is 6.09 Å². The van der Waals surface area contributed by atoms with Gasteiger partial charge in [-0.25, -0.2) is 14.8 Å². The lowest BCUT2D eigenvalue weighted by molar-refractivity contribution is -0.136. The number of nitrogens with zero attached hydrogens (tertiary/aromatic N) is 4. The summed E-state index contributed by atoms with van der Waals surface area (Å²) in [6.07, 6.45) is 11.7. The van der Waals surface area contributed by atoms with Crippen LogP contribution in [0.15, 0.2) is 85.5 Å². The number of hydrogen-bond donors (Lipinski definition) is 4. The highest BCUT2D eigenvalue weighted by Gasteiger charge is 2.40. The first-order valence-corrected chi connectivity index (χ1v) is 21.8. The van der Waals surface area contributed by atoms with Crippen LogP contribution in [-0.2, 0) is 19.1 Å². The number of aromatic amines is 2. The molecular weight excluding hydrogens is 769 g/mol. The molecule has 0 unspecified atom stereocenters. The largest absolute Gasteiger partial charge is 0.483 e. The molecular formula is C48H58N8O5. The molecule has 3 aromatic carbocycles. The third-order valence-corrected chi connectivity index (χ3v) is 12.9. The van der Waals surface area contributed by atoms with Crippen molar-refractivity contribution in [2.75, 3.05) is 27.3 Å². The predicted octanol–water partition coefficient (Wildman–Crippen LogP) is 8.65. The van der Waals surface area contributed by atoms with Gasteiger partial charge in [-0.1, -0.05) is 81.6 Å². The van der Waals surface area contributed by atoms with Crippen molar-refractivity contribution in [3.63, 3.8) is 0 Å². The molecule has 0 spiro atoms. The van der Waals surface area contributed by atoms with Gasteiger partial charge in [0.05, 0.1) is 50.1 Å². The lowest BCUT2D eigenvalue weighted by atomic mass is 9.83. The number of imidazole rings is 2. The number of benzene rings is 3. The van der Waals surface area contributed by atoms with Crippen LogP contribution in [-0.4, -0.2) is 87.0 Å². The lowest BCUT2D eigenvalue weighted by Crippen LogP contribution is -2.52. The summed E-state index contributed by atoms with van der Waals surface area (Å²) in [5.74, 6) is 2.07. The second-order valence-electron chi connectivity index (χ2n) is 17.1. The summed E-state index contributed by atoms with van der Waals surface area (Å²) in [5, 5.41) is 8.27. The van der Waals surface area contributed by atoms with Crippen LogP contribution in [0.3, 0.4) is 0 Å². The Kier molecular flexibility index (Phi) is 12.4. The SMILES string of the molecule is C=C(N[C@H](C(=O)N1CCC[C@H]1c1ncc(-c2ccc3cc(-c4ccc(-c5cnc([C@@H]6CCCN6C(=O)[C@@H](NC(=O)OC)C6CCCCC6)[nH]5)cc4)ccc3c2)[nH]1)C(C)C)OC. The first kappa shape index (κ1) is 41.6. The molecule has 4 atom stereocenters. The fourth-order valence-corrected chi connectivity index (χ4v) is 9.51. The molecule has 0 bridgehead atoms. The van der Waals surface area contributed by atoms with Crippen LogP contribution in [0.1, 0.15) is 95.4 Å². The maximum absolute atomic E-state index is 14.0. The summed E-state index contributed by atoms with van der Waals surface area (Å²) in [7, 11) is 2.88. The number of methoxy groups -OCH3 is 2. The average molecular weight is 827 g/mol. The Morgan fingerprint density at radius 2 is 1.21 bits per heavy atom. The first-order valence-electron chi connectivity index (χ1n) is 21.8. The number of hydrogen-bond acceptors (Lipinski definition) is 8. The van der Waals surface area contributed by atoms with Crippen LogP contribution < -0.4 is 10.6 Å². The van der Waals surface area contributed by atoms with E-state index in [0.29, 0.717) is 19.0 Å². The molecule has 2 aliphatic heterocycles. The van der Waals surface area contributed by atoms with Crippen LogP contribution in [0.25, 0.3) is 44.4 Å². The normalized spacial score (nSPS) is 19.2. The van der Waals surface area contributed by atoms with Gasteiger partial charge < -0.3 is 39.9 Å². The minimum Gasteiger partial charge on any atom is -0.483 e. The Labute approximate surface area is 357 Å². The van der Waals surface area contributed by atoms with Crippen LogP contribution in [0.2, 0.25) is 0 Å². The average Bonchev–Trinajstić information content (AvgIpc) is 4.14. The van der Waals surface area contributed by atoms with E-state index in [-0.39, 0.29) is 35.7 Å². The maximum atomic E-state index is 14.0. The van der Waals surface area contributed by atoms with E-state index < -0.39 is 18.2 Å². The predicted molar refractivity (Wildman–Crippen MR) is 236 cm³/mol. The van der Waals surface area contributed by atoms with Gasteiger partial charge in [-0.3, -0.25) is 9.59 Å². The van der Waals surface area contributed by atoms with E-state index in [1.807, 2.05) is 36.0 Å². The molecule has 13 nitrogen and oxygen atoms in total. The second kappa shape index (κ2) is 18.2. The Hall–Kier alpha value is -6.11. The molecule has 0 radical (unpaired) electrons. The van der Waals surface area contributed by atoms with Crippen molar-refractivity contribution in [3.05, 3.63) is 97.2 Å². The second-order valence-corrected chi connectivity index (χ2v) is 17.1. The highest BCUT2D eigenvalue weighted by atomic mass is 16.5. The maximum Gasteiger partial charge on any atom is 0.407 e. The van der Waals surface area contributed by atoms with E-state index in [9.17, 15) is 14.4 Å². The number of aromatic nitrogens is 4. The first-order chi connectivity index (χ1) is 29.6. The highest BCUT2D eigenvalue weighted by Crippen LogP contribution is 2.37. The molecule has 1 saturated carbocycles. The van der Waals surface area contributed by atoms with Gasteiger partial charge in [-0.15, -0.1) is 0 Å². The van der Waals surface area contributed by atoms with E-state index in [0.717, 1.165) is 114 Å². The molecule has 1 aliphatic carbocycles. The van der Waals surface area contributed by atoms with E-state index in [4.69, 9.17) is 19.4 Å². The minimum atomic E-state index is -0.598. The number of H-pyrrole nitrogens is 2. The van der Waals surface area contributed by atoms with E-state index in [1.54, 1.807) is 7.11 Å². The molecule has 4 heterocycles. The Balaban J connectivity index is 0.935. The Morgan fingerprint density at radius 3 is 1.80 bits per heavy atom. The van der Waals surface area contributed by atoms with Gasteiger partial charge in [0, 0.05) is 18.7 Å². The van der Waals surface area contributed by atoms with Crippen LogP contribution >= 0.6 is 0 Å². The van der Waals surface area contributed by atoms with Crippen molar-refractivity contribution >= 4 is 28.7 Å². The van der Waals surface area contributed by atoms with Gasteiger partial charge in [-0.05, 0) is 96.5 Å². The van der Waals surface area contributed by atoms with Gasteiger partial charge in [0.15, 0.2) is 5.88 Å². The lowest BCUT2D eigenvalue weighted by Gasteiger charge is -2.34. The van der Waals surface area contributed by atoms with E-state index in [1.165, 1.54) is 7.11 Å². The van der Waals surface area contributed by atoms with Crippen LogP contribution in [0.4, 0.5) is 4.79 Å². The molecule has 3 fully saturated rings. The molecule has 8 rings (SSSR count). The van der Waals surface area contributed by atoms with Crippen LogP contribution in [0, 0.1) is 11.8 Å². The monoisotopic (exact) mass is 826 g/mol. The summed E-state index contributed by atoms with van der Waals surface area (Å²) < 4.78 is 10.1. The van der Waals surface area contributed by atoms with E-state index in [2.05, 4.69) is 87.8 Å². The number of nitrogens with one attached hydrogen (secondary N) is 4.